The fourth-order valence-corrected chi connectivity index (χ4v) is 2.66. The number of allylic oxidation sites excluding steroid dienone is 1. The van der Waals surface area contributed by atoms with Gasteiger partial charge in [-0.15, -0.1) is 6.58 Å². The Hall–Kier alpha value is -2.93. The van der Waals surface area contributed by atoms with E-state index in [1.54, 1.807) is 12.4 Å². The Balaban J connectivity index is 2.25. The number of nitriles is 1. The average Bonchev–Trinajstić information content (AvgIpc) is 3.03. The van der Waals surface area contributed by atoms with E-state index in [2.05, 4.69) is 46.0 Å². The summed E-state index contributed by atoms with van der Waals surface area (Å²) in [4.78, 5) is 4.29. The molecule has 4 heteroatoms. The van der Waals surface area contributed by atoms with Crippen LogP contribution >= 0.6 is 0 Å². The highest BCUT2D eigenvalue weighted by Gasteiger charge is 2.21. The summed E-state index contributed by atoms with van der Waals surface area (Å²) >= 11 is 0. The molecule has 0 unspecified atom stereocenters. The Labute approximate surface area is 135 Å². The van der Waals surface area contributed by atoms with Gasteiger partial charge in [0.15, 0.2) is 5.65 Å². The number of aromatic nitrogens is 3. The van der Waals surface area contributed by atoms with Gasteiger partial charge < -0.3 is 0 Å². The number of fused-ring (bicyclic) bond motifs is 1. The topological polar surface area (TPSA) is 65.4 Å². The number of aromatic amines is 1. The summed E-state index contributed by atoms with van der Waals surface area (Å²) in [6.07, 6.45) is 6.20. The normalized spacial score (nSPS) is 11.3. The van der Waals surface area contributed by atoms with Gasteiger partial charge in [-0.05, 0) is 54.7 Å². The summed E-state index contributed by atoms with van der Waals surface area (Å²) < 4.78 is 0. The molecule has 0 aliphatic carbocycles. The van der Waals surface area contributed by atoms with Gasteiger partial charge in [0.1, 0.15) is 0 Å². The first kappa shape index (κ1) is 15.0. The first-order chi connectivity index (χ1) is 11.0. The number of benzene rings is 1. The van der Waals surface area contributed by atoms with Crippen molar-refractivity contribution in [3.05, 3.63) is 60.4 Å². The number of hydrogen-bond acceptors (Lipinski definition) is 3. The van der Waals surface area contributed by atoms with Crippen molar-refractivity contribution >= 4 is 11.0 Å². The van der Waals surface area contributed by atoms with Crippen LogP contribution in [0.15, 0.2) is 49.3 Å². The van der Waals surface area contributed by atoms with Crippen LogP contribution in [-0.2, 0) is 11.8 Å². The van der Waals surface area contributed by atoms with Crippen molar-refractivity contribution in [1.82, 2.24) is 15.2 Å². The molecule has 114 valence electrons. The highest BCUT2D eigenvalue weighted by molar-refractivity contribution is 5.92. The molecule has 3 aromatic rings. The lowest BCUT2D eigenvalue weighted by Crippen LogP contribution is -2.14. The van der Waals surface area contributed by atoms with E-state index in [1.807, 2.05) is 26.0 Å². The molecule has 1 aromatic carbocycles. The molecule has 4 nitrogen and oxygen atoms in total. The van der Waals surface area contributed by atoms with Crippen LogP contribution in [0.5, 0.6) is 0 Å². The molecule has 0 spiro atoms. The predicted octanol–water partition coefficient (Wildman–Crippen LogP) is 4.15. The molecule has 0 radical (unpaired) electrons. The van der Waals surface area contributed by atoms with Gasteiger partial charge in [-0.25, -0.2) is 4.98 Å². The van der Waals surface area contributed by atoms with E-state index in [1.165, 1.54) is 0 Å². The first-order valence-electron chi connectivity index (χ1n) is 7.50. The lowest BCUT2D eigenvalue weighted by molar-refractivity contribution is 0.686. The second kappa shape index (κ2) is 5.69. The second-order valence-corrected chi connectivity index (χ2v) is 6.14. The molecule has 0 bridgehead atoms. The minimum atomic E-state index is -0.547. The highest BCUT2D eigenvalue weighted by atomic mass is 15.1. The number of hydrogen-bond donors (Lipinski definition) is 1. The lowest BCUT2D eigenvalue weighted by atomic mass is 9.83. The molecule has 0 amide bonds. The third-order valence-electron chi connectivity index (χ3n) is 4.04. The van der Waals surface area contributed by atoms with Crippen LogP contribution < -0.4 is 0 Å². The van der Waals surface area contributed by atoms with Crippen LogP contribution in [0.4, 0.5) is 0 Å². The van der Waals surface area contributed by atoms with Crippen LogP contribution in [0.2, 0.25) is 0 Å². The molecule has 0 saturated heterocycles. The van der Waals surface area contributed by atoms with E-state index in [0.29, 0.717) is 0 Å². The maximum absolute atomic E-state index is 9.47. The summed E-state index contributed by atoms with van der Waals surface area (Å²) in [7, 11) is 0. The van der Waals surface area contributed by atoms with Crippen LogP contribution in [0.1, 0.15) is 25.0 Å². The molecular formula is C19H18N4. The smallest absolute Gasteiger partial charge is 0.155 e. The Bertz CT molecular complexity index is 913. The van der Waals surface area contributed by atoms with E-state index in [9.17, 15) is 5.26 Å². The van der Waals surface area contributed by atoms with Crippen molar-refractivity contribution in [1.29, 1.82) is 5.26 Å². The van der Waals surface area contributed by atoms with Crippen LogP contribution in [0.3, 0.4) is 0 Å². The van der Waals surface area contributed by atoms with E-state index < -0.39 is 5.41 Å². The lowest BCUT2D eigenvalue weighted by Gasteiger charge is -2.19. The maximum atomic E-state index is 9.47. The third-order valence-corrected chi connectivity index (χ3v) is 4.04. The number of nitrogens with one attached hydrogen (secondary N) is 1. The molecule has 1 N–H and O–H groups in total. The summed E-state index contributed by atoms with van der Waals surface area (Å²) in [5, 5.41) is 17.4. The predicted molar refractivity (Wildman–Crippen MR) is 91.9 cm³/mol. The minimum absolute atomic E-state index is 0.547. The molecule has 0 aliphatic rings. The van der Waals surface area contributed by atoms with Gasteiger partial charge in [0.05, 0.1) is 17.7 Å². The fraction of sp³-hybridized carbons (Fsp3) is 0.211. The van der Waals surface area contributed by atoms with Crippen molar-refractivity contribution in [3.63, 3.8) is 0 Å². The first-order valence-corrected chi connectivity index (χ1v) is 7.50. The summed E-state index contributed by atoms with van der Waals surface area (Å²) in [5.41, 5.74) is 4.49. The van der Waals surface area contributed by atoms with Gasteiger partial charge in [0.25, 0.3) is 0 Å². The molecule has 0 atom stereocenters. The standard InChI is InChI=1S/C19H18N4/c1-4-5-13-8-14(10-15(9-13)19(2,3)12-20)16-6-7-21-18-17(16)11-22-23-18/h4,6-11H,1,5H2,2-3H3,(H,21,22,23). The van der Waals surface area contributed by atoms with Crippen LogP contribution in [0.25, 0.3) is 22.2 Å². The Morgan fingerprint density at radius 3 is 2.91 bits per heavy atom. The van der Waals surface area contributed by atoms with Crippen LogP contribution in [-0.4, -0.2) is 15.2 Å². The molecule has 0 aliphatic heterocycles. The number of H-pyrrole nitrogens is 1. The monoisotopic (exact) mass is 302 g/mol. The zero-order valence-electron chi connectivity index (χ0n) is 13.3. The SMILES string of the molecule is C=CCc1cc(-c2ccnc3[nH]ncc23)cc(C(C)(C)C#N)c1. The molecule has 2 heterocycles. The van der Waals surface area contributed by atoms with Crippen molar-refractivity contribution in [3.8, 4) is 17.2 Å². The summed E-state index contributed by atoms with van der Waals surface area (Å²) in [6.45, 7) is 7.69. The van der Waals surface area contributed by atoms with Gasteiger partial charge in [0.2, 0.25) is 0 Å². The zero-order chi connectivity index (χ0) is 16.4. The van der Waals surface area contributed by atoms with Crippen molar-refractivity contribution < 1.29 is 0 Å². The van der Waals surface area contributed by atoms with Crippen molar-refractivity contribution in [2.75, 3.05) is 0 Å². The van der Waals surface area contributed by atoms with E-state index in [-0.39, 0.29) is 0 Å². The Kier molecular flexibility index (Phi) is 3.71. The zero-order valence-corrected chi connectivity index (χ0v) is 13.3. The quantitative estimate of drug-likeness (QED) is 0.736. The molecule has 0 fully saturated rings. The maximum Gasteiger partial charge on any atom is 0.155 e. The van der Waals surface area contributed by atoms with Crippen molar-refractivity contribution in [2.45, 2.75) is 25.7 Å². The van der Waals surface area contributed by atoms with Gasteiger partial charge in [0, 0.05) is 11.6 Å². The number of nitrogens with zero attached hydrogens (tertiary/aromatic N) is 3. The molecule has 2 aromatic heterocycles. The Morgan fingerprint density at radius 1 is 1.35 bits per heavy atom. The van der Waals surface area contributed by atoms with Crippen LogP contribution in [0, 0.1) is 11.3 Å². The van der Waals surface area contributed by atoms with E-state index >= 15 is 0 Å². The van der Waals surface area contributed by atoms with Gasteiger partial charge in [-0.1, -0.05) is 18.2 Å². The van der Waals surface area contributed by atoms with Crippen molar-refractivity contribution in [2.24, 2.45) is 0 Å². The summed E-state index contributed by atoms with van der Waals surface area (Å²) in [5.74, 6) is 0. The molecule has 3 rings (SSSR count). The molecule has 0 saturated carbocycles. The largest absolute Gasteiger partial charge is 0.261 e. The molecule has 23 heavy (non-hydrogen) atoms. The van der Waals surface area contributed by atoms with Gasteiger partial charge in [-0.3, -0.25) is 5.10 Å². The number of rotatable bonds is 4. The Morgan fingerprint density at radius 2 is 2.17 bits per heavy atom. The summed E-state index contributed by atoms with van der Waals surface area (Å²) in [6, 6.07) is 10.7. The molecular weight excluding hydrogens is 284 g/mol. The highest BCUT2D eigenvalue weighted by Crippen LogP contribution is 2.32. The average molecular weight is 302 g/mol. The second-order valence-electron chi connectivity index (χ2n) is 6.14. The third kappa shape index (κ3) is 2.74. The van der Waals surface area contributed by atoms with Gasteiger partial charge >= 0.3 is 0 Å². The van der Waals surface area contributed by atoms with E-state index in [4.69, 9.17) is 0 Å². The van der Waals surface area contributed by atoms with Gasteiger partial charge in [-0.2, -0.15) is 10.4 Å². The fourth-order valence-electron chi connectivity index (χ4n) is 2.66. The van der Waals surface area contributed by atoms with E-state index in [0.717, 1.165) is 39.7 Å². The minimum Gasteiger partial charge on any atom is -0.261 e. The number of pyridine rings is 1.